The fourth-order valence-electron chi connectivity index (χ4n) is 1.46. The third kappa shape index (κ3) is 3.93. The van der Waals surface area contributed by atoms with Gasteiger partial charge in [-0.15, -0.1) is 0 Å². The fourth-order valence-corrected chi connectivity index (χ4v) is 1.46. The zero-order chi connectivity index (χ0) is 12.6. The molecule has 94 valence electrons. The SMILES string of the molecule is Nc1cc(NCCCOc2ccccc2)ncn1. The van der Waals surface area contributed by atoms with Crippen LogP contribution in [0.25, 0.3) is 0 Å². The van der Waals surface area contributed by atoms with Crippen molar-refractivity contribution in [1.29, 1.82) is 0 Å². The second kappa shape index (κ2) is 6.44. The summed E-state index contributed by atoms with van der Waals surface area (Å²) in [5, 5.41) is 3.16. The summed E-state index contributed by atoms with van der Waals surface area (Å²) in [6, 6.07) is 11.5. The molecule has 3 N–H and O–H groups in total. The van der Waals surface area contributed by atoms with Gasteiger partial charge in [-0.05, 0) is 18.6 Å². The molecular formula is C13H16N4O. The Balaban J connectivity index is 1.65. The standard InChI is InChI=1S/C13H16N4O/c14-12-9-13(17-10-16-12)15-7-4-8-18-11-5-2-1-3-6-11/h1-3,5-6,9-10H,4,7-8H2,(H3,14,15,16,17). The minimum absolute atomic E-state index is 0.466. The van der Waals surface area contributed by atoms with E-state index in [0.717, 1.165) is 24.5 Å². The summed E-state index contributed by atoms with van der Waals surface area (Å²) in [4.78, 5) is 7.88. The first-order chi connectivity index (χ1) is 8.84. The number of nitrogens with two attached hydrogens (primary N) is 1. The maximum Gasteiger partial charge on any atom is 0.131 e. The second-order valence-electron chi connectivity index (χ2n) is 3.77. The fraction of sp³-hybridized carbons (Fsp3) is 0.231. The van der Waals surface area contributed by atoms with Crippen LogP contribution in [0.15, 0.2) is 42.7 Å². The molecule has 0 saturated carbocycles. The van der Waals surface area contributed by atoms with E-state index in [9.17, 15) is 0 Å². The van der Waals surface area contributed by atoms with E-state index in [1.165, 1.54) is 6.33 Å². The Bertz CT molecular complexity index is 475. The molecule has 0 unspecified atom stereocenters. The quantitative estimate of drug-likeness (QED) is 0.760. The van der Waals surface area contributed by atoms with Crippen molar-refractivity contribution in [3.05, 3.63) is 42.7 Å². The van der Waals surface area contributed by atoms with E-state index >= 15 is 0 Å². The Labute approximate surface area is 106 Å². The van der Waals surface area contributed by atoms with E-state index < -0.39 is 0 Å². The van der Waals surface area contributed by atoms with Crippen LogP contribution in [0.3, 0.4) is 0 Å². The lowest BCUT2D eigenvalue weighted by atomic mass is 10.3. The van der Waals surface area contributed by atoms with Gasteiger partial charge < -0.3 is 15.8 Å². The normalized spacial score (nSPS) is 10.0. The van der Waals surface area contributed by atoms with Gasteiger partial charge in [-0.3, -0.25) is 0 Å². The number of benzene rings is 1. The summed E-state index contributed by atoms with van der Waals surface area (Å²) in [7, 11) is 0. The van der Waals surface area contributed by atoms with Crippen LogP contribution in [0.4, 0.5) is 11.6 Å². The Morgan fingerprint density at radius 2 is 2.00 bits per heavy atom. The molecule has 18 heavy (non-hydrogen) atoms. The van der Waals surface area contributed by atoms with E-state index in [0.29, 0.717) is 12.4 Å². The Kier molecular flexibility index (Phi) is 4.35. The number of rotatable bonds is 6. The van der Waals surface area contributed by atoms with Crippen LogP contribution in [-0.4, -0.2) is 23.1 Å². The van der Waals surface area contributed by atoms with Crippen LogP contribution >= 0.6 is 0 Å². The average molecular weight is 244 g/mol. The van der Waals surface area contributed by atoms with Crippen LogP contribution < -0.4 is 15.8 Å². The van der Waals surface area contributed by atoms with Gasteiger partial charge in [0.15, 0.2) is 0 Å². The first-order valence-electron chi connectivity index (χ1n) is 5.84. The largest absolute Gasteiger partial charge is 0.494 e. The molecule has 0 aliphatic carbocycles. The Hall–Kier alpha value is -2.30. The van der Waals surface area contributed by atoms with E-state index in [-0.39, 0.29) is 0 Å². The molecule has 0 bridgehead atoms. The highest BCUT2D eigenvalue weighted by molar-refractivity contribution is 5.43. The van der Waals surface area contributed by atoms with Gasteiger partial charge in [-0.1, -0.05) is 18.2 Å². The number of para-hydroxylation sites is 1. The molecular weight excluding hydrogens is 228 g/mol. The molecule has 0 aliphatic rings. The zero-order valence-electron chi connectivity index (χ0n) is 10.0. The maximum atomic E-state index is 5.57. The molecule has 0 atom stereocenters. The minimum Gasteiger partial charge on any atom is -0.494 e. The Morgan fingerprint density at radius 1 is 1.17 bits per heavy atom. The molecule has 0 spiro atoms. The van der Waals surface area contributed by atoms with Crippen molar-refractivity contribution in [2.75, 3.05) is 24.2 Å². The van der Waals surface area contributed by atoms with Crippen LogP contribution in [0, 0.1) is 0 Å². The molecule has 5 heteroatoms. The number of nitrogens with one attached hydrogen (secondary N) is 1. The van der Waals surface area contributed by atoms with Crippen molar-refractivity contribution >= 4 is 11.6 Å². The average Bonchev–Trinajstić information content (AvgIpc) is 2.40. The van der Waals surface area contributed by atoms with Gasteiger partial charge in [0.1, 0.15) is 23.7 Å². The highest BCUT2D eigenvalue weighted by Crippen LogP contribution is 2.08. The molecule has 2 aromatic rings. The molecule has 0 fully saturated rings. The summed E-state index contributed by atoms with van der Waals surface area (Å²) in [6.45, 7) is 1.45. The predicted octanol–water partition coefficient (Wildman–Crippen LogP) is 1.94. The topological polar surface area (TPSA) is 73.1 Å². The van der Waals surface area contributed by atoms with E-state index in [1.807, 2.05) is 30.3 Å². The smallest absolute Gasteiger partial charge is 0.131 e. The lowest BCUT2D eigenvalue weighted by Gasteiger charge is -2.07. The second-order valence-corrected chi connectivity index (χ2v) is 3.77. The van der Waals surface area contributed by atoms with Gasteiger partial charge in [-0.2, -0.15) is 0 Å². The van der Waals surface area contributed by atoms with Crippen molar-refractivity contribution < 1.29 is 4.74 Å². The molecule has 1 aromatic carbocycles. The minimum atomic E-state index is 0.466. The van der Waals surface area contributed by atoms with E-state index in [4.69, 9.17) is 10.5 Å². The monoisotopic (exact) mass is 244 g/mol. The Morgan fingerprint density at radius 3 is 2.78 bits per heavy atom. The van der Waals surface area contributed by atoms with E-state index in [2.05, 4.69) is 15.3 Å². The first kappa shape index (κ1) is 12.2. The maximum absolute atomic E-state index is 5.57. The van der Waals surface area contributed by atoms with E-state index in [1.54, 1.807) is 6.07 Å². The van der Waals surface area contributed by atoms with Gasteiger partial charge in [0.2, 0.25) is 0 Å². The molecule has 0 radical (unpaired) electrons. The lowest BCUT2D eigenvalue weighted by Crippen LogP contribution is -2.08. The van der Waals surface area contributed by atoms with Gasteiger partial charge in [0.05, 0.1) is 6.61 Å². The first-order valence-corrected chi connectivity index (χ1v) is 5.84. The number of ether oxygens (including phenoxy) is 1. The summed E-state index contributed by atoms with van der Waals surface area (Å²) in [6.07, 6.45) is 2.33. The molecule has 2 rings (SSSR count). The van der Waals surface area contributed by atoms with Crippen molar-refractivity contribution in [2.45, 2.75) is 6.42 Å². The van der Waals surface area contributed by atoms with Gasteiger partial charge in [0.25, 0.3) is 0 Å². The summed E-state index contributed by atoms with van der Waals surface area (Å²) < 4.78 is 5.57. The van der Waals surface area contributed by atoms with Gasteiger partial charge in [0, 0.05) is 12.6 Å². The summed E-state index contributed by atoms with van der Waals surface area (Å²) in [5.74, 6) is 2.10. The molecule has 1 heterocycles. The van der Waals surface area contributed by atoms with Crippen molar-refractivity contribution in [2.24, 2.45) is 0 Å². The number of anilines is 2. The van der Waals surface area contributed by atoms with Crippen molar-refractivity contribution in [1.82, 2.24) is 9.97 Å². The van der Waals surface area contributed by atoms with Crippen molar-refractivity contribution in [3.8, 4) is 5.75 Å². The third-order valence-corrected chi connectivity index (χ3v) is 2.33. The summed E-state index contributed by atoms with van der Waals surface area (Å²) >= 11 is 0. The molecule has 0 aliphatic heterocycles. The molecule has 0 amide bonds. The van der Waals surface area contributed by atoms with Crippen LogP contribution in [-0.2, 0) is 0 Å². The lowest BCUT2D eigenvalue weighted by molar-refractivity contribution is 0.315. The van der Waals surface area contributed by atoms with Crippen molar-refractivity contribution in [3.63, 3.8) is 0 Å². The number of hydrogen-bond acceptors (Lipinski definition) is 5. The molecule has 1 aromatic heterocycles. The zero-order valence-corrected chi connectivity index (χ0v) is 10.0. The third-order valence-electron chi connectivity index (χ3n) is 2.33. The molecule has 0 saturated heterocycles. The highest BCUT2D eigenvalue weighted by Gasteiger charge is 1.95. The number of nitrogen functional groups attached to an aromatic ring is 1. The predicted molar refractivity (Wildman–Crippen MR) is 71.5 cm³/mol. The number of hydrogen-bond donors (Lipinski definition) is 2. The highest BCUT2D eigenvalue weighted by atomic mass is 16.5. The van der Waals surface area contributed by atoms with Crippen LogP contribution in [0.2, 0.25) is 0 Å². The van der Waals surface area contributed by atoms with Crippen LogP contribution in [0.5, 0.6) is 5.75 Å². The van der Waals surface area contributed by atoms with Gasteiger partial charge >= 0.3 is 0 Å². The van der Waals surface area contributed by atoms with Crippen LogP contribution in [0.1, 0.15) is 6.42 Å². The summed E-state index contributed by atoms with van der Waals surface area (Å²) in [5.41, 5.74) is 5.55. The number of aromatic nitrogens is 2. The number of nitrogens with zero attached hydrogens (tertiary/aromatic N) is 2. The van der Waals surface area contributed by atoms with Gasteiger partial charge in [-0.25, -0.2) is 9.97 Å². The molecule has 5 nitrogen and oxygen atoms in total.